The van der Waals surface area contributed by atoms with Gasteiger partial charge in [0.25, 0.3) is 0 Å². The molecule has 0 radical (unpaired) electrons. The van der Waals surface area contributed by atoms with Gasteiger partial charge >= 0.3 is 16.2 Å². The first-order chi connectivity index (χ1) is 13.4. The van der Waals surface area contributed by atoms with Gasteiger partial charge in [0.2, 0.25) is 5.90 Å². The van der Waals surface area contributed by atoms with Crippen molar-refractivity contribution in [1.29, 1.82) is 0 Å². The van der Waals surface area contributed by atoms with Crippen molar-refractivity contribution in [1.82, 2.24) is 8.28 Å². The summed E-state index contributed by atoms with van der Waals surface area (Å²) in [4.78, 5) is 16.6. The molecule has 28 heavy (non-hydrogen) atoms. The van der Waals surface area contributed by atoms with Crippen molar-refractivity contribution in [2.75, 3.05) is 14.1 Å². The van der Waals surface area contributed by atoms with Crippen molar-refractivity contribution in [2.45, 2.75) is 0 Å². The largest absolute Gasteiger partial charge is 0.402 e. The molecule has 0 bridgehead atoms. The molecule has 0 fully saturated rings. The van der Waals surface area contributed by atoms with Crippen LogP contribution in [0.4, 0.5) is 0 Å². The number of carbonyl (C=O) groups is 1. The molecule has 1 aliphatic heterocycles. The van der Waals surface area contributed by atoms with Gasteiger partial charge in [-0.3, -0.25) is 0 Å². The van der Waals surface area contributed by atoms with Crippen LogP contribution in [0.1, 0.15) is 11.1 Å². The lowest BCUT2D eigenvalue weighted by molar-refractivity contribution is -0.129. The van der Waals surface area contributed by atoms with Gasteiger partial charge in [-0.1, -0.05) is 36.4 Å². The van der Waals surface area contributed by atoms with Crippen molar-refractivity contribution in [3.8, 4) is 0 Å². The number of benzene rings is 2. The number of para-hydroxylation sites is 1. The lowest BCUT2D eigenvalue weighted by Crippen LogP contribution is -2.28. The molecule has 4 rings (SSSR count). The highest BCUT2D eigenvalue weighted by molar-refractivity contribution is 7.87. The van der Waals surface area contributed by atoms with Crippen molar-refractivity contribution in [2.24, 2.45) is 4.99 Å². The van der Waals surface area contributed by atoms with Gasteiger partial charge in [-0.2, -0.15) is 12.7 Å². The van der Waals surface area contributed by atoms with Gasteiger partial charge in [-0.25, -0.2) is 13.8 Å². The molecule has 2 aromatic carbocycles. The second-order valence-corrected chi connectivity index (χ2v) is 8.41. The first-order valence-corrected chi connectivity index (χ1v) is 9.89. The number of cyclic esters (lactones) is 1. The molecule has 0 unspecified atom stereocenters. The summed E-state index contributed by atoms with van der Waals surface area (Å²) >= 11 is 0. The fraction of sp³-hybridized carbons (Fsp3) is 0.100. The predicted molar refractivity (Wildman–Crippen MR) is 107 cm³/mol. The Bertz CT molecular complexity index is 1240. The second kappa shape index (κ2) is 6.74. The van der Waals surface area contributed by atoms with Crippen LogP contribution in [0.3, 0.4) is 0 Å². The molecule has 2 heterocycles. The molecule has 0 saturated carbocycles. The third kappa shape index (κ3) is 3.02. The molecular weight excluding hydrogens is 378 g/mol. The third-order valence-corrected chi connectivity index (χ3v) is 6.07. The molecule has 0 N–H and O–H groups in total. The monoisotopic (exact) mass is 395 g/mol. The highest BCUT2D eigenvalue weighted by Gasteiger charge is 2.26. The normalized spacial score (nSPS) is 16.0. The van der Waals surface area contributed by atoms with Crippen LogP contribution in [0.25, 0.3) is 17.0 Å². The predicted octanol–water partition coefficient (Wildman–Crippen LogP) is 2.64. The Labute approximate surface area is 162 Å². The van der Waals surface area contributed by atoms with Gasteiger partial charge in [0.1, 0.15) is 0 Å². The van der Waals surface area contributed by atoms with Crippen LogP contribution < -0.4 is 0 Å². The number of aromatic nitrogens is 1. The van der Waals surface area contributed by atoms with Crippen LogP contribution in [-0.2, 0) is 19.7 Å². The summed E-state index contributed by atoms with van der Waals surface area (Å²) in [5, 5.41) is 0.691. The van der Waals surface area contributed by atoms with Crippen LogP contribution >= 0.6 is 0 Å². The number of hydrogen-bond acceptors (Lipinski definition) is 5. The maximum absolute atomic E-state index is 12.6. The van der Waals surface area contributed by atoms with Crippen molar-refractivity contribution in [3.05, 3.63) is 77.6 Å². The number of carbonyl (C=O) groups excluding carboxylic acids is 1. The summed E-state index contributed by atoms with van der Waals surface area (Å²) in [6.45, 7) is 0. The summed E-state index contributed by atoms with van der Waals surface area (Å²) in [6, 6.07) is 16.2. The van der Waals surface area contributed by atoms with E-state index in [1.54, 1.807) is 36.4 Å². The minimum absolute atomic E-state index is 0.115. The number of hydrogen-bond donors (Lipinski definition) is 0. The maximum Gasteiger partial charge on any atom is 0.363 e. The van der Waals surface area contributed by atoms with E-state index in [0.717, 1.165) is 4.31 Å². The summed E-state index contributed by atoms with van der Waals surface area (Å²) in [5.74, 6) is -0.354. The van der Waals surface area contributed by atoms with E-state index in [1.165, 1.54) is 24.3 Å². The third-order valence-electron chi connectivity index (χ3n) is 4.35. The van der Waals surface area contributed by atoms with E-state index in [2.05, 4.69) is 4.99 Å². The fourth-order valence-electron chi connectivity index (χ4n) is 2.92. The van der Waals surface area contributed by atoms with Gasteiger partial charge < -0.3 is 4.74 Å². The van der Waals surface area contributed by atoms with Crippen molar-refractivity contribution < 1.29 is 17.9 Å². The average Bonchev–Trinajstić information content (AvgIpc) is 3.24. The molecule has 0 spiro atoms. The van der Waals surface area contributed by atoms with Crippen LogP contribution in [0.2, 0.25) is 0 Å². The summed E-state index contributed by atoms with van der Waals surface area (Å²) in [6.07, 6.45) is 3.03. The number of esters is 1. The molecular formula is C20H17N3O4S. The highest BCUT2D eigenvalue weighted by Crippen LogP contribution is 2.27. The Morgan fingerprint density at radius 1 is 1.04 bits per heavy atom. The molecule has 0 aliphatic carbocycles. The van der Waals surface area contributed by atoms with E-state index >= 15 is 0 Å². The molecule has 0 amide bonds. The smallest absolute Gasteiger partial charge is 0.363 e. The van der Waals surface area contributed by atoms with Crippen molar-refractivity contribution in [3.63, 3.8) is 0 Å². The number of nitrogens with zero attached hydrogens (tertiary/aromatic N) is 3. The zero-order chi connectivity index (χ0) is 19.9. The molecule has 142 valence electrons. The minimum atomic E-state index is -3.71. The van der Waals surface area contributed by atoms with Crippen LogP contribution in [0.5, 0.6) is 0 Å². The van der Waals surface area contributed by atoms with Gasteiger partial charge in [0, 0.05) is 36.8 Å². The van der Waals surface area contributed by atoms with E-state index in [9.17, 15) is 13.2 Å². The van der Waals surface area contributed by atoms with Gasteiger partial charge in [-0.05, 0) is 24.3 Å². The fourth-order valence-corrected chi connectivity index (χ4v) is 3.92. The lowest BCUT2D eigenvalue weighted by atomic mass is 10.1. The van der Waals surface area contributed by atoms with E-state index in [1.807, 2.05) is 24.3 Å². The number of aliphatic imine (C=N–C) groups is 1. The van der Waals surface area contributed by atoms with E-state index < -0.39 is 16.2 Å². The van der Waals surface area contributed by atoms with E-state index in [4.69, 9.17) is 4.74 Å². The zero-order valence-electron chi connectivity index (χ0n) is 15.2. The molecule has 1 aromatic heterocycles. The molecule has 8 heteroatoms. The first-order valence-electron chi connectivity index (χ1n) is 8.49. The Balaban J connectivity index is 1.85. The molecule has 0 atom stereocenters. The second-order valence-electron chi connectivity index (χ2n) is 6.39. The topological polar surface area (TPSA) is 81.0 Å². The highest BCUT2D eigenvalue weighted by atomic mass is 32.2. The van der Waals surface area contributed by atoms with Crippen LogP contribution in [0.15, 0.2) is 71.5 Å². The SMILES string of the molecule is CN(C)S(=O)(=O)n1cc(/C=C2\N=C(c3ccccc3)OC2=O)c2ccccc21. The summed E-state index contributed by atoms with van der Waals surface area (Å²) in [5.41, 5.74) is 1.88. The summed E-state index contributed by atoms with van der Waals surface area (Å²) < 4.78 is 32.9. The van der Waals surface area contributed by atoms with E-state index in [0.29, 0.717) is 22.0 Å². The Hall–Kier alpha value is -3.23. The molecule has 7 nitrogen and oxygen atoms in total. The average molecular weight is 395 g/mol. The Morgan fingerprint density at radius 3 is 2.43 bits per heavy atom. The quantitative estimate of drug-likeness (QED) is 0.502. The lowest BCUT2D eigenvalue weighted by Gasteiger charge is -2.12. The van der Waals surface area contributed by atoms with E-state index in [-0.39, 0.29) is 11.6 Å². The Morgan fingerprint density at radius 2 is 1.71 bits per heavy atom. The maximum atomic E-state index is 12.6. The summed E-state index contributed by atoms with van der Waals surface area (Å²) in [7, 11) is -0.784. The zero-order valence-corrected chi connectivity index (χ0v) is 16.1. The van der Waals surface area contributed by atoms with Crippen molar-refractivity contribution >= 4 is 39.1 Å². The van der Waals surface area contributed by atoms with Crippen LogP contribution in [0, 0.1) is 0 Å². The number of ether oxygens (including phenoxy) is 1. The van der Waals surface area contributed by atoms with Crippen LogP contribution in [-0.4, -0.2) is 42.7 Å². The molecule has 3 aromatic rings. The molecule has 0 saturated heterocycles. The van der Waals surface area contributed by atoms with Gasteiger partial charge in [0.05, 0.1) is 5.52 Å². The number of fused-ring (bicyclic) bond motifs is 1. The van der Waals surface area contributed by atoms with Gasteiger partial charge in [0.15, 0.2) is 5.70 Å². The number of rotatable bonds is 4. The standard InChI is InChI=1S/C20H17N3O4S/c1-22(2)28(25,26)23-13-15(16-10-6-7-11-18(16)23)12-17-20(24)27-19(21-17)14-8-4-3-5-9-14/h3-13H,1-2H3/b17-12-. The molecule has 1 aliphatic rings. The van der Waals surface area contributed by atoms with Gasteiger partial charge in [-0.15, -0.1) is 0 Å². The minimum Gasteiger partial charge on any atom is -0.402 e. The first kappa shape index (κ1) is 18.1. The Kier molecular flexibility index (Phi) is 4.37.